The first kappa shape index (κ1) is 9.80. The van der Waals surface area contributed by atoms with Crippen molar-refractivity contribution in [2.24, 2.45) is 0 Å². The predicted molar refractivity (Wildman–Crippen MR) is 7.97 cm³/mol. The Kier molecular flexibility index (Phi) is 11.0. The molecule has 0 spiro atoms. The van der Waals surface area contributed by atoms with Gasteiger partial charge in [0, 0.05) is 37.7 Å². The molecular weight excluding hydrogens is 168 g/mol. The van der Waals surface area contributed by atoms with E-state index in [0.717, 1.165) is 0 Å². The van der Waals surface area contributed by atoms with Gasteiger partial charge in [-0.15, -0.1) is 0 Å². The van der Waals surface area contributed by atoms with Crippen molar-refractivity contribution in [2.45, 2.75) is 0 Å². The second kappa shape index (κ2) is 5.62. The van der Waals surface area contributed by atoms with Crippen LogP contribution < -0.4 is 8.40 Å². The van der Waals surface area contributed by atoms with Gasteiger partial charge < -0.3 is 8.40 Å². The van der Waals surface area contributed by atoms with E-state index >= 15 is 0 Å². The third-order valence-electron chi connectivity index (χ3n) is 0. The zero-order valence-electron chi connectivity index (χ0n) is 2.35. The van der Waals surface area contributed by atoms with Crippen molar-refractivity contribution in [1.82, 2.24) is 0 Å². The maximum Gasteiger partial charge on any atom is 0.433 e. The van der Waals surface area contributed by atoms with E-state index in [2.05, 4.69) is 0 Å². The summed E-state index contributed by atoms with van der Waals surface area (Å²) in [5.41, 5.74) is 0. The summed E-state index contributed by atoms with van der Waals surface area (Å²) in [4.78, 5) is 0. The summed E-state index contributed by atoms with van der Waals surface area (Å²) in [5.74, 6) is 0. The van der Waals surface area contributed by atoms with Gasteiger partial charge in [0.1, 0.15) is 0 Å². The first-order chi connectivity index (χ1) is 1.73. The van der Waals surface area contributed by atoms with Crippen LogP contribution in [-0.2, 0) is 0 Å². The minimum Gasteiger partial charge on any atom is -0.372 e. The molecule has 0 amide bonds. The molecule has 3 nitrogen and oxygen atoms in total. The standard InChI is InChI=1S/BrHO3.Ca/c2-1(3)4;/h2H;. The average molecular weight is 169 g/mol. The second-order valence-corrected chi connectivity index (χ2v) is 1.04. The molecule has 0 atom stereocenters. The Balaban J connectivity index is 0. The Morgan fingerprint density at radius 2 is 1.40 bits per heavy atom. The van der Waals surface area contributed by atoms with Crippen molar-refractivity contribution >= 4 is 37.7 Å². The second-order valence-electron chi connectivity index (χ2n) is 0.201. The first-order valence-corrected chi connectivity index (χ1v) is 2.48. The number of hydrogen-bond acceptors (Lipinski definition) is 3. The van der Waals surface area contributed by atoms with Crippen LogP contribution >= 0.6 is 0 Å². The van der Waals surface area contributed by atoms with Crippen LogP contribution in [0.2, 0.25) is 0 Å². The number of hydrogen-bond donors (Lipinski definition) is 1. The average Bonchev–Trinajstić information content (AvgIpc) is 0.811. The molecule has 5 heteroatoms. The fourth-order valence-corrected chi connectivity index (χ4v) is 0. The van der Waals surface area contributed by atoms with Gasteiger partial charge in [0.2, 0.25) is 0 Å². The molecule has 0 heterocycles. The minimum absolute atomic E-state index is 0. The van der Waals surface area contributed by atoms with E-state index in [0.29, 0.717) is 0 Å². The van der Waals surface area contributed by atoms with Gasteiger partial charge in [-0.25, -0.2) is 0 Å². The van der Waals surface area contributed by atoms with Crippen molar-refractivity contribution in [3.05, 3.63) is 0 Å². The van der Waals surface area contributed by atoms with Crippen LogP contribution in [0.5, 0.6) is 0 Å². The number of rotatable bonds is 0. The van der Waals surface area contributed by atoms with Crippen molar-refractivity contribution in [3.8, 4) is 0 Å². The topological polar surface area (TPSA) is 66.3 Å². The molecular formula is HBrCaO3. The molecule has 28 valence electrons. The van der Waals surface area contributed by atoms with Crippen LogP contribution in [0, 0.1) is 14.8 Å². The summed E-state index contributed by atoms with van der Waals surface area (Å²) < 4.78 is 24.3. The van der Waals surface area contributed by atoms with Crippen LogP contribution in [0.3, 0.4) is 0 Å². The van der Waals surface area contributed by atoms with Gasteiger partial charge in [-0.3, -0.25) is 0 Å². The molecule has 5 heavy (non-hydrogen) atoms. The normalized spacial score (nSPS) is 7.20. The van der Waals surface area contributed by atoms with E-state index in [4.69, 9.17) is 12.6 Å². The van der Waals surface area contributed by atoms with E-state index < -0.39 is 14.8 Å². The maximum absolute atomic E-state index is 8.63. The van der Waals surface area contributed by atoms with Gasteiger partial charge in [-0.2, -0.15) is 0 Å². The molecule has 1 N–H and O–H groups in total. The van der Waals surface area contributed by atoms with Crippen molar-refractivity contribution in [2.75, 3.05) is 0 Å². The zero-order chi connectivity index (χ0) is 3.58. The van der Waals surface area contributed by atoms with Crippen molar-refractivity contribution in [3.63, 3.8) is 0 Å². The Labute approximate surface area is 64.4 Å². The van der Waals surface area contributed by atoms with Gasteiger partial charge in [-0.1, -0.05) is 0 Å². The molecule has 0 unspecified atom stereocenters. The van der Waals surface area contributed by atoms with Gasteiger partial charge in [0.25, 0.3) is 0 Å². The van der Waals surface area contributed by atoms with Gasteiger partial charge >= 0.3 is 14.8 Å². The zero-order valence-corrected chi connectivity index (χ0v) is 6.14. The maximum atomic E-state index is 8.63. The van der Waals surface area contributed by atoms with Gasteiger partial charge in [0.15, 0.2) is 0 Å². The Hall–Kier alpha value is 1.62. The third kappa shape index (κ3) is 28.1. The fraction of sp³-hybridized carbons (Fsp3) is 0. The largest absolute Gasteiger partial charge is 0.433 e. The molecule has 0 aliphatic rings. The van der Waals surface area contributed by atoms with Gasteiger partial charge in [-0.05, 0) is 4.20 Å². The molecule has 0 bridgehead atoms. The van der Waals surface area contributed by atoms with E-state index in [1.54, 1.807) is 0 Å². The summed E-state index contributed by atoms with van der Waals surface area (Å²) in [6.45, 7) is 0. The first-order valence-electron chi connectivity index (χ1n) is 0.478. The molecule has 0 aromatic heterocycles. The van der Waals surface area contributed by atoms with E-state index in [-0.39, 0.29) is 37.7 Å². The van der Waals surface area contributed by atoms with Crippen LogP contribution in [0.15, 0.2) is 0 Å². The molecule has 0 fully saturated rings. The summed E-state index contributed by atoms with van der Waals surface area (Å²) in [6.07, 6.45) is 0. The quantitative estimate of drug-likeness (QED) is 0.386. The molecule has 0 saturated heterocycles. The number of halogens is 1. The molecule has 0 aromatic rings. The molecule has 0 aromatic carbocycles. The smallest absolute Gasteiger partial charge is 0.372 e. The Morgan fingerprint density at radius 3 is 1.40 bits per heavy atom. The summed E-state index contributed by atoms with van der Waals surface area (Å²) in [6, 6.07) is 0. The molecule has 0 rings (SSSR count). The molecule has 2 radical (unpaired) electrons. The van der Waals surface area contributed by atoms with Crippen LogP contribution in [0.4, 0.5) is 0 Å². The monoisotopic (exact) mass is 168 g/mol. The Bertz CT molecular complexity index is 11.6. The van der Waals surface area contributed by atoms with Crippen LogP contribution in [0.1, 0.15) is 0 Å². The van der Waals surface area contributed by atoms with Crippen molar-refractivity contribution < 1.29 is 27.4 Å². The van der Waals surface area contributed by atoms with Crippen molar-refractivity contribution in [1.29, 1.82) is 0 Å². The molecule has 0 aliphatic heterocycles. The Morgan fingerprint density at radius 1 is 1.40 bits per heavy atom. The summed E-state index contributed by atoms with van der Waals surface area (Å²) in [7, 11) is 0. The van der Waals surface area contributed by atoms with E-state index in [1.807, 2.05) is 0 Å². The fourth-order valence-electron chi connectivity index (χ4n) is 0. The molecule has 0 aliphatic carbocycles. The minimum atomic E-state index is -3.40. The van der Waals surface area contributed by atoms with E-state index in [1.165, 1.54) is 0 Å². The molecule has 0 saturated carbocycles. The van der Waals surface area contributed by atoms with Crippen LogP contribution in [0.25, 0.3) is 0 Å². The van der Waals surface area contributed by atoms with Crippen LogP contribution in [-0.4, -0.2) is 41.9 Å². The SMILES string of the molecule is [Ca].[O-][Br+2]([O-])O. The summed E-state index contributed by atoms with van der Waals surface area (Å²) >= 11 is -3.40. The van der Waals surface area contributed by atoms with Gasteiger partial charge in [0.05, 0.1) is 0 Å². The predicted octanol–water partition coefficient (Wildman–Crippen LogP) is -3.32. The summed E-state index contributed by atoms with van der Waals surface area (Å²) in [5, 5.41) is 0. The third-order valence-corrected chi connectivity index (χ3v) is 0. The van der Waals surface area contributed by atoms with E-state index in [9.17, 15) is 0 Å².